The largest absolute Gasteiger partial charge is 0.460 e. The van der Waals surface area contributed by atoms with Gasteiger partial charge in [0.15, 0.2) is 0 Å². The molecule has 0 heterocycles. The molecule has 0 saturated carbocycles. The van der Waals surface area contributed by atoms with Crippen LogP contribution in [0.5, 0.6) is 11.5 Å². The highest BCUT2D eigenvalue weighted by molar-refractivity contribution is 7.41. The molecule has 0 aliphatic heterocycles. The molecule has 202 valence electrons. The highest BCUT2D eigenvalue weighted by atomic mass is 31.2. The molecule has 3 nitrogen and oxygen atoms in total. The summed E-state index contributed by atoms with van der Waals surface area (Å²) in [7, 11) is -2.15. The first kappa shape index (κ1) is 30.7. The Kier molecular flexibility index (Phi) is 9.74. The van der Waals surface area contributed by atoms with E-state index in [1.54, 1.807) is 0 Å². The molecule has 0 fully saturated rings. The second kappa shape index (κ2) is 11.4. The van der Waals surface area contributed by atoms with Gasteiger partial charge in [0, 0.05) is 11.1 Å². The molecule has 36 heavy (non-hydrogen) atoms. The van der Waals surface area contributed by atoms with Gasteiger partial charge in [-0.25, -0.2) is 0 Å². The lowest BCUT2D eigenvalue weighted by Crippen LogP contribution is -2.21. The molecule has 2 rings (SSSR count). The first-order valence-corrected chi connectivity index (χ1v) is 14.8. The molecule has 0 amide bonds. The molecule has 0 unspecified atom stereocenters. The summed E-state index contributed by atoms with van der Waals surface area (Å²) in [6.07, 6.45) is 4.03. The van der Waals surface area contributed by atoms with Gasteiger partial charge in [0.05, 0.1) is 0 Å². The van der Waals surface area contributed by atoms with Gasteiger partial charge in [-0.1, -0.05) is 107 Å². The minimum absolute atomic E-state index is 0.0756. The van der Waals surface area contributed by atoms with Gasteiger partial charge in [0.1, 0.15) is 11.5 Å². The van der Waals surface area contributed by atoms with E-state index < -0.39 is 8.60 Å². The normalized spacial score (nSPS) is 13.3. The number of hydrogen-bond acceptors (Lipinski definition) is 3. The van der Waals surface area contributed by atoms with Crippen LogP contribution < -0.4 is 9.05 Å². The average molecular weight is 515 g/mol. The molecule has 0 aliphatic carbocycles. The summed E-state index contributed by atoms with van der Waals surface area (Å²) in [6.45, 7) is 26.8. The molecule has 0 spiro atoms. The predicted molar refractivity (Wildman–Crippen MR) is 157 cm³/mol. The summed E-state index contributed by atoms with van der Waals surface area (Å²) >= 11 is 0. The highest BCUT2D eigenvalue weighted by Gasteiger charge is 2.30. The zero-order valence-electron chi connectivity index (χ0n) is 25.0. The third-order valence-electron chi connectivity index (χ3n) is 8.87. The van der Waals surface area contributed by atoms with E-state index in [9.17, 15) is 4.89 Å². The van der Waals surface area contributed by atoms with E-state index in [0.717, 1.165) is 36.8 Å². The highest BCUT2D eigenvalue weighted by Crippen LogP contribution is 2.47. The predicted octanol–water partition coefficient (Wildman–Crippen LogP) is 10.1. The fraction of sp³-hybridized carbons (Fsp3) is 0.625. The fourth-order valence-corrected chi connectivity index (χ4v) is 4.79. The maximum atomic E-state index is 11.1. The first-order valence-electron chi connectivity index (χ1n) is 13.7. The van der Waals surface area contributed by atoms with Gasteiger partial charge in [0.25, 0.3) is 0 Å². The molecule has 0 aliphatic rings. The second-order valence-corrected chi connectivity index (χ2v) is 13.6. The molecular formula is C32H51O3P. The van der Waals surface area contributed by atoms with Gasteiger partial charge in [-0.15, -0.1) is 0 Å². The third-order valence-corrected chi connectivity index (χ3v) is 9.57. The minimum atomic E-state index is -2.15. The van der Waals surface area contributed by atoms with E-state index in [0.29, 0.717) is 11.5 Å². The van der Waals surface area contributed by atoms with Gasteiger partial charge < -0.3 is 13.9 Å². The molecule has 0 bridgehead atoms. The molecule has 1 N–H and O–H groups in total. The smallest absolute Gasteiger partial charge is 0.418 e. The van der Waals surface area contributed by atoms with Crippen LogP contribution in [0.3, 0.4) is 0 Å². The Morgan fingerprint density at radius 2 is 0.861 bits per heavy atom. The number of benzene rings is 2. The van der Waals surface area contributed by atoms with E-state index in [1.165, 1.54) is 11.1 Å². The van der Waals surface area contributed by atoms with Crippen LogP contribution in [-0.4, -0.2) is 4.89 Å². The first-order chi connectivity index (χ1) is 16.5. The summed E-state index contributed by atoms with van der Waals surface area (Å²) < 4.78 is 12.3. The quantitative estimate of drug-likeness (QED) is 0.286. The van der Waals surface area contributed by atoms with Crippen molar-refractivity contribution in [1.82, 2.24) is 0 Å². The summed E-state index contributed by atoms with van der Waals surface area (Å²) in [4.78, 5) is 11.1. The molecule has 2 aromatic carbocycles. The summed E-state index contributed by atoms with van der Waals surface area (Å²) in [6, 6.07) is 12.8. The minimum Gasteiger partial charge on any atom is -0.418 e. The van der Waals surface area contributed by atoms with Crippen molar-refractivity contribution >= 4 is 8.60 Å². The van der Waals surface area contributed by atoms with Crippen LogP contribution in [0.1, 0.15) is 131 Å². The Hall–Kier alpha value is -1.57. The lowest BCUT2D eigenvalue weighted by atomic mass is 9.76. The lowest BCUT2D eigenvalue weighted by Gasteiger charge is -2.31. The topological polar surface area (TPSA) is 38.7 Å². The van der Waals surface area contributed by atoms with Gasteiger partial charge in [-0.3, -0.25) is 0 Å². The van der Waals surface area contributed by atoms with Crippen molar-refractivity contribution in [1.29, 1.82) is 0 Å². The zero-order chi connectivity index (χ0) is 27.5. The molecule has 0 saturated heterocycles. The Labute approximate surface area is 223 Å². The van der Waals surface area contributed by atoms with Crippen molar-refractivity contribution in [2.75, 3.05) is 0 Å². The second-order valence-electron chi connectivity index (χ2n) is 12.8. The Balaban J connectivity index is 2.46. The van der Waals surface area contributed by atoms with Crippen molar-refractivity contribution in [3.05, 3.63) is 58.7 Å². The average Bonchev–Trinajstić information content (AvgIpc) is 2.83. The van der Waals surface area contributed by atoms with Gasteiger partial charge >= 0.3 is 8.60 Å². The molecule has 0 aromatic heterocycles. The van der Waals surface area contributed by atoms with Crippen LogP contribution >= 0.6 is 8.60 Å². The van der Waals surface area contributed by atoms with Crippen LogP contribution in [0.4, 0.5) is 0 Å². The Bertz CT molecular complexity index is 939. The molecule has 0 atom stereocenters. The van der Waals surface area contributed by atoms with E-state index in [1.807, 2.05) is 12.1 Å². The van der Waals surface area contributed by atoms with Gasteiger partial charge in [0.2, 0.25) is 0 Å². The van der Waals surface area contributed by atoms with E-state index in [-0.39, 0.29) is 21.7 Å². The van der Waals surface area contributed by atoms with E-state index in [2.05, 4.69) is 107 Å². The lowest BCUT2D eigenvalue weighted by molar-refractivity contribution is 0.365. The Morgan fingerprint density at radius 3 is 1.14 bits per heavy atom. The summed E-state index contributed by atoms with van der Waals surface area (Å²) in [5, 5.41) is 0. The van der Waals surface area contributed by atoms with Crippen molar-refractivity contribution in [3.63, 3.8) is 0 Å². The van der Waals surface area contributed by atoms with Gasteiger partial charge in [-0.05, 0) is 70.6 Å². The number of rotatable bonds is 12. The summed E-state index contributed by atoms with van der Waals surface area (Å²) in [5.41, 5.74) is 4.78. The van der Waals surface area contributed by atoms with Crippen LogP contribution in [0.15, 0.2) is 36.4 Å². The molecule has 2 aromatic rings. The van der Waals surface area contributed by atoms with Crippen LogP contribution in [0, 0.1) is 0 Å². The van der Waals surface area contributed by atoms with Crippen molar-refractivity contribution < 1.29 is 13.9 Å². The van der Waals surface area contributed by atoms with Gasteiger partial charge in [-0.2, -0.15) is 0 Å². The maximum Gasteiger partial charge on any atom is 0.460 e. The zero-order valence-corrected chi connectivity index (χ0v) is 25.9. The van der Waals surface area contributed by atoms with Crippen LogP contribution in [-0.2, 0) is 21.7 Å². The van der Waals surface area contributed by atoms with E-state index in [4.69, 9.17) is 9.05 Å². The monoisotopic (exact) mass is 514 g/mol. The summed E-state index contributed by atoms with van der Waals surface area (Å²) in [5.74, 6) is 1.40. The molecule has 0 radical (unpaired) electrons. The third kappa shape index (κ3) is 6.84. The van der Waals surface area contributed by atoms with Crippen LogP contribution in [0.2, 0.25) is 0 Å². The van der Waals surface area contributed by atoms with Crippen LogP contribution in [0.25, 0.3) is 0 Å². The molecular weight excluding hydrogens is 463 g/mol. The molecule has 4 heteroatoms. The van der Waals surface area contributed by atoms with Crippen molar-refractivity contribution in [2.24, 2.45) is 0 Å². The van der Waals surface area contributed by atoms with Crippen molar-refractivity contribution in [3.8, 4) is 11.5 Å². The Morgan fingerprint density at radius 1 is 0.556 bits per heavy atom. The fourth-order valence-electron chi connectivity index (χ4n) is 4.09. The van der Waals surface area contributed by atoms with Crippen molar-refractivity contribution in [2.45, 2.75) is 130 Å². The number of hydrogen-bond donors (Lipinski definition) is 1. The SMILES string of the molecule is CCC(C)(C)c1ccc(OP(O)Oc2ccc(C(C)(C)CC)cc2C(C)(C)CC)c(C(C)(C)CC)c1. The van der Waals surface area contributed by atoms with E-state index >= 15 is 0 Å². The standard InChI is InChI=1S/C32H51O3P/c1-13-29(5,6)23-17-19-27(25(21-23)31(9,10)15-3)34-36(33)35-28-20-18-24(30(7,8)14-2)22-26(28)32(11,12)16-4/h17-22,33H,13-16H2,1-12H3. The maximum absolute atomic E-state index is 11.1.